The molecule has 2 amide bonds. The molecule has 45 heavy (non-hydrogen) atoms. The lowest BCUT2D eigenvalue weighted by molar-refractivity contribution is -0.151. The number of carbonyl (C=O) groups is 3. The molecular formula is C33H33BrCl2N2O7. The van der Waals surface area contributed by atoms with Crippen molar-refractivity contribution in [3.63, 3.8) is 0 Å². The Bertz CT molecular complexity index is 1640. The first-order valence-corrected chi connectivity index (χ1v) is 15.7. The summed E-state index contributed by atoms with van der Waals surface area (Å²) in [7, 11) is 3.00. The summed E-state index contributed by atoms with van der Waals surface area (Å²) in [6.07, 6.45) is 0.624. The number of benzene rings is 3. The molecule has 12 heteroatoms. The van der Waals surface area contributed by atoms with Crippen LogP contribution >= 0.6 is 39.1 Å². The summed E-state index contributed by atoms with van der Waals surface area (Å²) < 4.78 is 22.8. The van der Waals surface area contributed by atoms with E-state index in [1.165, 1.54) is 19.1 Å². The number of hydrogen-bond donors (Lipinski definition) is 1. The van der Waals surface area contributed by atoms with Crippen LogP contribution in [0.1, 0.15) is 44.4 Å². The van der Waals surface area contributed by atoms with E-state index >= 15 is 0 Å². The third kappa shape index (κ3) is 7.74. The second kappa shape index (κ2) is 15.0. The van der Waals surface area contributed by atoms with Crippen LogP contribution in [0.25, 0.3) is 5.70 Å². The predicted molar refractivity (Wildman–Crippen MR) is 176 cm³/mol. The van der Waals surface area contributed by atoms with Crippen LogP contribution in [0.5, 0.6) is 23.0 Å². The van der Waals surface area contributed by atoms with Crippen LogP contribution < -0.4 is 19.5 Å². The maximum atomic E-state index is 14.0. The van der Waals surface area contributed by atoms with Gasteiger partial charge in [-0.3, -0.25) is 9.69 Å². The van der Waals surface area contributed by atoms with Gasteiger partial charge in [-0.05, 0) is 67.3 Å². The largest absolute Gasteiger partial charge is 0.497 e. The fourth-order valence-corrected chi connectivity index (χ4v) is 5.68. The molecule has 3 aromatic rings. The smallest absolute Gasteiger partial charge is 0.379 e. The zero-order chi connectivity index (χ0) is 32.8. The van der Waals surface area contributed by atoms with E-state index in [1.807, 2.05) is 13.8 Å². The van der Waals surface area contributed by atoms with Gasteiger partial charge in [0.25, 0.3) is 5.78 Å². The number of urea groups is 1. The van der Waals surface area contributed by atoms with Gasteiger partial charge in [0.1, 0.15) is 23.0 Å². The van der Waals surface area contributed by atoms with Crippen LogP contribution in [0, 0.1) is 5.92 Å². The van der Waals surface area contributed by atoms with Gasteiger partial charge in [0.2, 0.25) is 0 Å². The quantitative estimate of drug-likeness (QED) is 0.149. The van der Waals surface area contributed by atoms with E-state index in [1.54, 1.807) is 61.5 Å². The van der Waals surface area contributed by atoms with Crippen LogP contribution in [-0.4, -0.2) is 50.1 Å². The Balaban J connectivity index is 1.94. The normalized spacial score (nSPS) is 14.7. The molecule has 238 valence electrons. The van der Waals surface area contributed by atoms with Crippen LogP contribution in [-0.2, 0) is 14.3 Å². The minimum Gasteiger partial charge on any atom is -0.497 e. The Morgan fingerprint density at radius 3 is 2.27 bits per heavy atom. The van der Waals surface area contributed by atoms with Crippen LogP contribution in [0.2, 0.25) is 10.0 Å². The molecule has 4 rings (SSSR count). The van der Waals surface area contributed by atoms with E-state index in [4.69, 9.17) is 42.1 Å². The van der Waals surface area contributed by atoms with E-state index < -0.39 is 23.8 Å². The Morgan fingerprint density at radius 2 is 1.64 bits per heavy atom. The van der Waals surface area contributed by atoms with Crippen molar-refractivity contribution < 1.29 is 33.3 Å². The first-order chi connectivity index (χ1) is 21.5. The molecule has 0 bridgehead atoms. The number of methoxy groups -OCH3 is 2. The second-order valence-electron chi connectivity index (χ2n) is 10.5. The lowest BCUT2D eigenvalue weighted by Crippen LogP contribution is -2.49. The summed E-state index contributed by atoms with van der Waals surface area (Å²) in [5, 5.41) is 3.68. The molecule has 9 nitrogen and oxygen atoms in total. The van der Waals surface area contributed by atoms with Crippen LogP contribution in [0.15, 0.2) is 64.6 Å². The summed E-state index contributed by atoms with van der Waals surface area (Å²) >= 11 is 15.8. The summed E-state index contributed by atoms with van der Waals surface area (Å²) in [4.78, 5) is 42.5. The van der Waals surface area contributed by atoms with Crippen molar-refractivity contribution in [3.05, 3.63) is 85.8 Å². The summed E-state index contributed by atoms with van der Waals surface area (Å²) in [5.41, 5.74) is 1.15. The number of esters is 1. The van der Waals surface area contributed by atoms with Gasteiger partial charge in [-0.25, -0.2) is 9.59 Å². The molecule has 0 saturated heterocycles. The highest BCUT2D eigenvalue weighted by molar-refractivity contribution is 9.10. The molecule has 0 aromatic heterocycles. The zero-order valence-corrected chi connectivity index (χ0v) is 28.5. The number of rotatable bonds is 12. The molecule has 1 unspecified atom stereocenters. The van der Waals surface area contributed by atoms with Crippen LogP contribution in [0.4, 0.5) is 4.79 Å². The molecule has 0 saturated carbocycles. The standard InChI is InChI=1S/C33H33BrCl2N2O7/c1-6-44-32(40)31(39)28-29(22-10-7-20(16-24(22)34)45-21-8-11-25(35)26(36)17-21)37-33(41)38(14-13-18(2)3)30(28)23-15-19(42-4)9-12-27(23)43-5/h7-12,15-18,29H,6,13-14H2,1-5H3,(H,37,41). The first-order valence-electron chi connectivity index (χ1n) is 14.2. The lowest BCUT2D eigenvalue weighted by atomic mass is 9.88. The first kappa shape index (κ1) is 34.1. The number of amides is 2. The highest BCUT2D eigenvalue weighted by atomic mass is 79.9. The van der Waals surface area contributed by atoms with E-state index in [9.17, 15) is 14.4 Å². The van der Waals surface area contributed by atoms with Crippen molar-refractivity contribution in [3.8, 4) is 23.0 Å². The predicted octanol–water partition coefficient (Wildman–Crippen LogP) is 8.22. The third-order valence-electron chi connectivity index (χ3n) is 7.03. The second-order valence-corrected chi connectivity index (χ2v) is 12.1. The Hall–Kier alpha value is -3.73. The highest BCUT2D eigenvalue weighted by Gasteiger charge is 2.42. The van der Waals surface area contributed by atoms with Crippen molar-refractivity contribution in [2.24, 2.45) is 5.92 Å². The fourth-order valence-electron chi connectivity index (χ4n) is 4.81. The Labute approximate surface area is 280 Å². The SMILES string of the molecule is CCOC(=O)C(=O)C1=C(c2cc(OC)ccc2OC)N(CCC(C)C)C(=O)NC1c1ccc(Oc2ccc(Cl)c(Cl)c2)cc1Br. The lowest BCUT2D eigenvalue weighted by Gasteiger charge is -2.38. The summed E-state index contributed by atoms with van der Waals surface area (Å²) in [6.45, 7) is 5.94. The number of nitrogens with zero attached hydrogens (tertiary/aromatic N) is 1. The van der Waals surface area contributed by atoms with E-state index in [2.05, 4.69) is 21.2 Å². The molecule has 3 aromatic carbocycles. The molecule has 1 N–H and O–H groups in total. The van der Waals surface area contributed by atoms with Gasteiger partial charge in [0.15, 0.2) is 0 Å². The highest BCUT2D eigenvalue weighted by Crippen LogP contribution is 2.43. The molecule has 1 aliphatic heterocycles. The van der Waals surface area contributed by atoms with Gasteiger partial charge in [0.05, 0.1) is 48.2 Å². The Kier molecular flexibility index (Phi) is 11.4. The molecule has 0 aliphatic carbocycles. The molecule has 1 heterocycles. The monoisotopic (exact) mass is 718 g/mol. The van der Waals surface area contributed by atoms with Crippen LogP contribution in [0.3, 0.4) is 0 Å². The number of hydrogen-bond acceptors (Lipinski definition) is 7. The average Bonchev–Trinajstić information content (AvgIpc) is 3.01. The van der Waals surface area contributed by atoms with Gasteiger partial charge in [-0.15, -0.1) is 0 Å². The fraction of sp³-hybridized carbons (Fsp3) is 0.303. The number of nitrogens with one attached hydrogen (secondary N) is 1. The molecular weight excluding hydrogens is 687 g/mol. The summed E-state index contributed by atoms with van der Waals surface area (Å²) in [5.74, 6) is 0.0464. The number of ketones is 1. The third-order valence-corrected chi connectivity index (χ3v) is 8.46. The van der Waals surface area contributed by atoms with Crippen molar-refractivity contribution in [1.29, 1.82) is 0 Å². The van der Waals surface area contributed by atoms with Gasteiger partial charge in [0, 0.05) is 22.6 Å². The molecule has 1 atom stereocenters. The van der Waals surface area contributed by atoms with Crippen molar-refractivity contribution in [2.75, 3.05) is 27.4 Å². The van der Waals surface area contributed by atoms with Crippen molar-refractivity contribution in [2.45, 2.75) is 33.2 Å². The van der Waals surface area contributed by atoms with Gasteiger partial charge in [-0.1, -0.05) is 59.0 Å². The number of Topliss-reactive ketones (excluding diaryl/α,β-unsaturated/α-hetero) is 1. The number of halogens is 3. The van der Waals surface area contributed by atoms with E-state index in [0.29, 0.717) is 55.1 Å². The van der Waals surface area contributed by atoms with Crippen molar-refractivity contribution in [1.82, 2.24) is 10.2 Å². The number of ether oxygens (including phenoxy) is 4. The number of carbonyl (C=O) groups excluding carboxylic acids is 3. The summed E-state index contributed by atoms with van der Waals surface area (Å²) in [6, 6.07) is 13.5. The van der Waals surface area contributed by atoms with E-state index in [0.717, 1.165) is 0 Å². The molecule has 0 fully saturated rings. The van der Waals surface area contributed by atoms with Crippen molar-refractivity contribution >= 4 is 62.6 Å². The van der Waals surface area contributed by atoms with Gasteiger partial charge < -0.3 is 24.3 Å². The van der Waals surface area contributed by atoms with Gasteiger partial charge >= 0.3 is 12.0 Å². The maximum absolute atomic E-state index is 14.0. The maximum Gasteiger partial charge on any atom is 0.379 e. The van der Waals surface area contributed by atoms with E-state index in [-0.39, 0.29) is 30.3 Å². The topological polar surface area (TPSA) is 103 Å². The van der Waals surface area contributed by atoms with Gasteiger partial charge in [-0.2, -0.15) is 0 Å². The average molecular weight is 720 g/mol. The molecule has 0 radical (unpaired) electrons. The molecule has 0 spiro atoms. The minimum atomic E-state index is -1.05. The zero-order valence-electron chi connectivity index (χ0n) is 25.4. The Morgan fingerprint density at radius 1 is 0.956 bits per heavy atom. The molecule has 1 aliphatic rings. The minimum absolute atomic E-state index is 0.00575.